The van der Waals surface area contributed by atoms with Crippen LogP contribution in [-0.2, 0) is 16.0 Å². The number of hydrogen-bond acceptors (Lipinski definition) is 7. The third-order valence-corrected chi connectivity index (χ3v) is 5.18. The van der Waals surface area contributed by atoms with Crippen LogP contribution in [0.2, 0.25) is 0 Å². The molecular formula is C21H21N7O2. The molecule has 2 N–H and O–H groups in total. The first-order chi connectivity index (χ1) is 14.7. The van der Waals surface area contributed by atoms with Crippen molar-refractivity contribution in [2.24, 2.45) is 0 Å². The maximum absolute atomic E-state index is 12.1. The molecule has 0 radical (unpaired) electrons. The van der Waals surface area contributed by atoms with E-state index in [4.69, 9.17) is 0 Å². The van der Waals surface area contributed by atoms with Crippen LogP contribution in [0.5, 0.6) is 0 Å². The van der Waals surface area contributed by atoms with Crippen molar-refractivity contribution in [3.63, 3.8) is 0 Å². The van der Waals surface area contributed by atoms with Gasteiger partial charge >= 0.3 is 0 Å². The zero-order valence-electron chi connectivity index (χ0n) is 16.2. The molecule has 4 rings (SSSR count). The fourth-order valence-electron chi connectivity index (χ4n) is 3.70. The van der Waals surface area contributed by atoms with Gasteiger partial charge < -0.3 is 10.6 Å². The first kappa shape index (κ1) is 19.6. The molecule has 1 aliphatic rings. The van der Waals surface area contributed by atoms with Crippen LogP contribution in [-0.4, -0.2) is 37.7 Å². The summed E-state index contributed by atoms with van der Waals surface area (Å²) in [7, 11) is 0. The second-order valence-corrected chi connectivity index (χ2v) is 7.20. The number of amides is 2. The smallest absolute Gasteiger partial charge is 0.231 e. The highest BCUT2D eigenvalue weighted by atomic mass is 16.1. The molecule has 3 aromatic heterocycles. The van der Waals surface area contributed by atoms with Crippen LogP contribution in [0, 0.1) is 0 Å². The summed E-state index contributed by atoms with van der Waals surface area (Å²) in [4.78, 5) is 26.7. The molecule has 30 heavy (non-hydrogen) atoms. The van der Waals surface area contributed by atoms with Crippen molar-refractivity contribution in [1.29, 1.82) is 0 Å². The molecule has 1 fully saturated rings. The summed E-state index contributed by atoms with van der Waals surface area (Å²) in [5.41, 5.74) is 2.53. The van der Waals surface area contributed by atoms with Gasteiger partial charge in [0.05, 0.1) is 17.8 Å². The van der Waals surface area contributed by atoms with E-state index in [1.165, 1.54) is 0 Å². The van der Waals surface area contributed by atoms with Gasteiger partial charge in [-0.15, -0.1) is 10.2 Å². The Kier molecular flexibility index (Phi) is 5.98. The van der Waals surface area contributed by atoms with E-state index in [-0.39, 0.29) is 18.2 Å². The van der Waals surface area contributed by atoms with Crippen molar-refractivity contribution in [3.8, 4) is 0 Å². The highest BCUT2D eigenvalue weighted by molar-refractivity contribution is 5.91. The third-order valence-electron chi connectivity index (χ3n) is 5.18. The molecule has 152 valence electrons. The number of anilines is 2. The minimum Gasteiger partial charge on any atom is -0.312 e. The molecule has 3 aromatic rings. The van der Waals surface area contributed by atoms with E-state index in [1.807, 2.05) is 30.3 Å². The number of carbonyl (C=O) groups is 2. The van der Waals surface area contributed by atoms with E-state index in [0.717, 1.165) is 30.7 Å². The molecule has 0 aromatic carbocycles. The van der Waals surface area contributed by atoms with Crippen molar-refractivity contribution in [2.75, 3.05) is 10.6 Å². The van der Waals surface area contributed by atoms with Gasteiger partial charge in [0.25, 0.3) is 0 Å². The van der Waals surface area contributed by atoms with E-state index < -0.39 is 0 Å². The van der Waals surface area contributed by atoms with E-state index in [9.17, 15) is 9.59 Å². The summed E-state index contributed by atoms with van der Waals surface area (Å²) in [6.45, 7) is 0. The molecule has 0 aliphatic heterocycles. The first-order valence-electron chi connectivity index (χ1n) is 9.78. The number of carbonyl (C=O) groups excluding carboxylic acids is 2. The van der Waals surface area contributed by atoms with Gasteiger partial charge in [-0.1, -0.05) is 6.07 Å². The zero-order chi connectivity index (χ0) is 20.8. The van der Waals surface area contributed by atoms with Crippen molar-refractivity contribution in [1.82, 2.24) is 25.4 Å². The van der Waals surface area contributed by atoms with Crippen LogP contribution in [0.15, 0.2) is 48.7 Å². The summed E-state index contributed by atoms with van der Waals surface area (Å²) in [6.07, 6.45) is 5.32. The maximum Gasteiger partial charge on any atom is 0.231 e. The largest absolute Gasteiger partial charge is 0.312 e. The van der Waals surface area contributed by atoms with Gasteiger partial charge in [0.2, 0.25) is 12.3 Å². The normalized spacial score (nSPS) is 18.0. The predicted molar refractivity (Wildman–Crippen MR) is 110 cm³/mol. The molecule has 9 nitrogen and oxygen atoms in total. The fourth-order valence-corrected chi connectivity index (χ4v) is 3.70. The SMILES string of the molecule is O=CNc1ccc(C2CCC(c3ccc(NC(=O)Cc4ccccn4)nn3)C2)nn1. The maximum atomic E-state index is 12.1. The van der Waals surface area contributed by atoms with Crippen LogP contribution in [0.4, 0.5) is 11.6 Å². The minimum atomic E-state index is -0.178. The molecule has 1 aliphatic carbocycles. The lowest BCUT2D eigenvalue weighted by atomic mass is 9.99. The second-order valence-electron chi connectivity index (χ2n) is 7.20. The molecule has 1 saturated carbocycles. The van der Waals surface area contributed by atoms with Gasteiger partial charge in [-0.3, -0.25) is 14.6 Å². The molecule has 0 spiro atoms. The number of aromatic nitrogens is 5. The molecular weight excluding hydrogens is 382 g/mol. The van der Waals surface area contributed by atoms with E-state index in [2.05, 4.69) is 36.0 Å². The Morgan fingerprint density at radius 1 is 0.933 bits per heavy atom. The van der Waals surface area contributed by atoms with Gasteiger partial charge in [-0.05, 0) is 55.7 Å². The lowest BCUT2D eigenvalue weighted by Crippen LogP contribution is -2.16. The van der Waals surface area contributed by atoms with E-state index in [0.29, 0.717) is 29.7 Å². The van der Waals surface area contributed by atoms with Crippen molar-refractivity contribution in [3.05, 3.63) is 65.7 Å². The van der Waals surface area contributed by atoms with Crippen molar-refractivity contribution >= 4 is 24.0 Å². The predicted octanol–water partition coefficient (Wildman–Crippen LogP) is 2.46. The molecule has 0 bridgehead atoms. The van der Waals surface area contributed by atoms with Crippen molar-refractivity contribution in [2.45, 2.75) is 37.5 Å². The summed E-state index contributed by atoms with van der Waals surface area (Å²) in [6, 6.07) is 12.8. The first-order valence-corrected chi connectivity index (χ1v) is 9.78. The number of hydrogen-bond donors (Lipinski definition) is 2. The van der Waals surface area contributed by atoms with Crippen molar-refractivity contribution < 1.29 is 9.59 Å². The van der Waals surface area contributed by atoms with Gasteiger partial charge in [0, 0.05) is 23.7 Å². The van der Waals surface area contributed by atoms with Crippen LogP contribution in [0.3, 0.4) is 0 Å². The third kappa shape index (κ3) is 4.80. The molecule has 2 unspecified atom stereocenters. The van der Waals surface area contributed by atoms with Gasteiger partial charge in [-0.25, -0.2) is 0 Å². The zero-order valence-corrected chi connectivity index (χ0v) is 16.2. The molecule has 9 heteroatoms. The topological polar surface area (TPSA) is 123 Å². The standard InChI is InChI=1S/C21H21N7O2/c29-13-23-19-8-6-17(25-27-19)14-4-5-15(11-14)18-7-9-20(28-26-18)24-21(30)12-16-3-1-2-10-22-16/h1-3,6-10,13-15H,4-5,11-12H2,(H,23,27,29)(H,24,28,30). The highest BCUT2D eigenvalue weighted by Gasteiger charge is 2.29. The second kappa shape index (κ2) is 9.17. The van der Waals surface area contributed by atoms with E-state index >= 15 is 0 Å². The Balaban J connectivity index is 1.33. The van der Waals surface area contributed by atoms with Gasteiger partial charge in [0.1, 0.15) is 0 Å². The lowest BCUT2D eigenvalue weighted by molar-refractivity contribution is -0.115. The Bertz CT molecular complexity index is 994. The molecule has 2 atom stereocenters. The Hall–Kier alpha value is -3.75. The van der Waals surface area contributed by atoms with Crippen LogP contribution in [0.25, 0.3) is 0 Å². The summed E-state index contributed by atoms with van der Waals surface area (Å²) < 4.78 is 0. The number of nitrogens with zero attached hydrogens (tertiary/aromatic N) is 5. The number of pyridine rings is 1. The average molecular weight is 403 g/mol. The molecule has 0 saturated heterocycles. The Morgan fingerprint density at radius 3 is 2.20 bits per heavy atom. The Labute approximate surface area is 173 Å². The lowest BCUT2D eigenvalue weighted by Gasteiger charge is -2.11. The fraction of sp³-hybridized carbons (Fsp3) is 0.286. The van der Waals surface area contributed by atoms with Gasteiger partial charge in [0.15, 0.2) is 11.6 Å². The van der Waals surface area contributed by atoms with Crippen LogP contribution >= 0.6 is 0 Å². The minimum absolute atomic E-state index is 0.178. The summed E-state index contributed by atoms with van der Waals surface area (Å²) in [5.74, 6) is 1.28. The quantitative estimate of drug-likeness (QED) is 0.581. The average Bonchev–Trinajstić information content (AvgIpc) is 3.26. The van der Waals surface area contributed by atoms with Gasteiger partial charge in [-0.2, -0.15) is 10.2 Å². The molecule has 2 amide bonds. The monoisotopic (exact) mass is 403 g/mol. The summed E-state index contributed by atoms with van der Waals surface area (Å²) in [5, 5.41) is 22.0. The van der Waals surface area contributed by atoms with E-state index in [1.54, 1.807) is 18.3 Å². The highest BCUT2D eigenvalue weighted by Crippen LogP contribution is 2.42. The van der Waals surface area contributed by atoms with Crippen LogP contribution < -0.4 is 10.6 Å². The number of nitrogens with one attached hydrogen (secondary N) is 2. The Morgan fingerprint density at radius 2 is 1.63 bits per heavy atom. The summed E-state index contributed by atoms with van der Waals surface area (Å²) >= 11 is 0. The van der Waals surface area contributed by atoms with Crippen LogP contribution in [0.1, 0.15) is 48.2 Å². The molecule has 3 heterocycles. The number of rotatable bonds is 7.